The van der Waals surface area contributed by atoms with Gasteiger partial charge in [-0.3, -0.25) is 9.59 Å². The van der Waals surface area contributed by atoms with Gasteiger partial charge in [0, 0.05) is 17.1 Å². The molecule has 0 radical (unpaired) electrons. The third-order valence-electron chi connectivity index (χ3n) is 3.17. The molecule has 0 fully saturated rings. The molecule has 0 aliphatic rings. The van der Waals surface area contributed by atoms with Crippen LogP contribution >= 0.6 is 11.6 Å². The molecular formula is C15H20ClNO4. The van der Waals surface area contributed by atoms with Gasteiger partial charge in [-0.15, -0.1) is 0 Å². The van der Waals surface area contributed by atoms with E-state index in [9.17, 15) is 9.59 Å². The molecule has 1 atom stereocenters. The van der Waals surface area contributed by atoms with Gasteiger partial charge in [0.2, 0.25) is 5.91 Å². The number of carbonyl (C=O) groups excluding carboxylic acids is 1. The van der Waals surface area contributed by atoms with E-state index in [0.29, 0.717) is 22.8 Å². The van der Waals surface area contributed by atoms with Gasteiger partial charge in [0.1, 0.15) is 5.75 Å². The number of rotatable bonds is 8. The van der Waals surface area contributed by atoms with E-state index in [1.54, 1.807) is 18.2 Å². The summed E-state index contributed by atoms with van der Waals surface area (Å²) in [6.45, 7) is 2.03. The smallest absolute Gasteiger partial charge is 0.308 e. The summed E-state index contributed by atoms with van der Waals surface area (Å²) in [7, 11) is 1.51. The number of aliphatic carboxylic acids is 1. The number of halogens is 1. The van der Waals surface area contributed by atoms with E-state index in [4.69, 9.17) is 21.4 Å². The quantitative estimate of drug-likeness (QED) is 0.773. The third-order valence-corrected chi connectivity index (χ3v) is 3.52. The Morgan fingerprint density at radius 3 is 2.71 bits per heavy atom. The van der Waals surface area contributed by atoms with Gasteiger partial charge in [0.15, 0.2) is 0 Å². The van der Waals surface area contributed by atoms with Gasteiger partial charge in [0.25, 0.3) is 0 Å². The molecule has 1 amide bonds. The number of carboxylic acids is 1. The Balaban J connectivity index is 2.64. The summed E-state index contributed by atoms with van der Waals surface area (Å²) in [6, 6.07) is 5.15. The fourth-order valence-corrected chi connectivity index (χ4v) is 2.26. The first-order valence-electron chi connectivity index (χ1n) is 6.80. The maximum atomic E-state index is 11.9. The Bertz CT molecular complexity index is 504. The van der Waals surface area contributed by atoms with Crippen LogP contribution in [0.2, 0.25) is 5.02 Å². The van der Waals surface area contributed by atoms with Crippen molar-refractivity contribution in [1.29, 1.82) is 0 Å². The SMILES string of the molecule is CCCC(CNC(=O)Cc1c(Cl)cccc1OC)C(=O)O. The highest BCUT2D eigenvalue weighted by Crippen LogP contribution is 2.26. The van der Waals surface area contributed by atoms with E-state index < -0.39 is 11.9 Å². The molecular weight excluding hydrogens is 294 g/mol. The first kappa shape index (κ1) is 17.3. The van der Waals surface area contributed by atoms with Crippen molar-refractivity contribution < 1.29 is 19.4 Å². The van der Waals surface area contributed by atoms with Crippen LogP contribution in [0.3, 0.4) is 0 Å². The zero-order valence-electron chi connectivity index (χ0n) is 12.2. The topological polar surface area (TPSA) is 75.6 Å². The normalized spacial score (nSPS) is 11.8. The lowest BCUT2D eigenvalue weighted by Crippen LogP contribution is -2.33. The number of carboxylic acid groups (broad SMARTS) is 1. The van der Waals surface area contributed by atoms with E-state index in [-0.39, 0.29) is 18.9 Å². The number of amides is 1. The fourth-order valence-electron chi connectivity index (χ4n) is 2.02. The molecule has 1 unspecified atom stereocenters. The summed E-state index contributed by atoms with van der Waals surface area (Å²) in [6.07, 6.45) is 1.34. The maximum Gasteiger partial charge on any atom is 0.308 e. The Labute approximate surface area is 129 Å². The lowest BCUT2D eigenvalue weighted by atomic mass is 10.0. The summed E-state index contributed by atoms with van der Waals surface area (Å²) in [4.78, 5) is 23.0. The van der Waals surface area contributed by atoms with Crippen molar-refractivity contribution in [2.45, 2.75) is 26.2 Å². The standard InChI is InChI=1S/C15H20ClNO4/c1-3-5-10(15(19)20)9-17-14(18)8-11-12(16)6-4-7-13(11)21-2/h4,6-7,10H,3,5,8-9H2,1-2H3,(H,17,18)(H,19,20). The van der Waals surface area contributed by atoms with Gasteiger partial charge in [-0.2, -0.15) is 0 Å². The summed E-state index contributed by atoms with van der Waals surface area (Å²) in [5.41, 5.74) is 0.599. The molecule has 5 nitrogen and oxygen atoms in total. The summed E-state index contributed by atoms with van der Waals surface area (Å²) < 4.78 is 5.17. The van der Waals surface area contributed by atoms with Gasteiger partial charge >= 0.3 is 5.97 Å². The lowest BCUT2D eigenvalue weighted by molar-refractivity contribution is -0.141. The Morgan fingerprint density at radius 1 is 1.43 bits per heavy atom. The van der Waals surface area contributed by atoms with Crippen molar-refractivity contribution in [3.8, 4) is 5.75 Å². The van der Waals surface area contributed by atoms with Crippen LogP contribution in [0.4, 0.5) is 0 Å². The van der Waals surface area contributed by atoms with E-state index in [1.807, 2.05) is 6.92 Å². The van der Waals surface area contributed by atoms with Crippen molar-refractivity contribution >= 4 is 23.5 Å². The van der Waals surface area contributed by atoms with Crippen molar-refractivity contribution in [2.24, 2.45) is 5.92 Å². The molecule has 116 valence electrons. The molecule has 0 bridgehead atoms. The van der Waals surface area contributed by atoms with Gasteiger partial charge in [-0.1, -0.05) is 31.0 Å². The van der Waals surface area contributed by atoms with Crippen LogP contribution in [-0.2, 0) is 16.0 Å². The monoisotopic (exact) mass is 313 g/mol. The molecule has 0 aliphatic heterocycles. The molecule has 0 saturated carbocycles. The molecule has 1 aromatic carbocycles. The number of ether oxygens (including phenoxy) is 1. The number of carbonyl (C=O) groups is 2. The molecule has 6 heteroatoms. The van der Waals surface area contributed by atoms with E-state index >= 15 is 0 Å². The average molecular weight is 314 g/mol. The van der Waals surface area contributed by atoms with Gasteiger partial charge in [0.05, 0.1) is 19.4 Å². The molecule has 0 spiro atoms. The predicted molar refractivity (Wildman–Crippen MR) is 80.8 cm³/mol. The molecule has 0 saturated heterocycles. The second kappa shape index (κ2) is 8.52. The molecule has 0 aliphatic carbocycles. The van der Waals surface area contributed by atoms with E-state index in [0.717, 1.165) is 6.42 Å². The lowest BCUT2D eigenvalue weighted by Gasteiger charge is -2.14. The van der Waals surface area contributed by atoms with Crippen LogP contribution < -0.4 is 10.1 Å². The molecule has 1 rings (SSSR count). The van der Waals surface area contributed by atoms with Crippen LogP contribution in [0, 0.1) is 5.92 Å². The van der Waals surface area contributed by atoms with Crippen LogP contribution in [0.25, 0.3) is 0 Å². The average Bonchev–Trinajstić information content (AvgIpc) is 2.45. The van der Waals surface area contributed by atoms with Crippen molar-refractivity contribution in [3.63, 3.8) is 0 Å². The van der Waals surface area contributed by atoms with Crippen molar-refractivity contribution in [3.05, 3.63) is 28.8 Å². The molecule has 2 N–H and O–H groups in total. The number of methoxy groups -OCH3 is 1. The maximum absolute atomic E-state index is 11.9. The van der Waals surface area contributed by atoms with Crippen molar-refractivity contribution in [2.75, 3.05) is 13.7 Å². The second-order valence-corrected chi connectivity index (χ2v) is 5.13. The summed E-state index contributed by atoms with van der Waals surface area (Å²) in [5, 5.41) is 12.1. The minimum absolute atomic E-state index is 0.0569. The Kier molecular flexibility index (Phi) is 7.02. The highest BCUT2D eigenvalue weighted by atomic mass is 35.5. The van der Waals surface area contributed by atoms with E-state index in [1.165, 1.54) is 7.11 Å². The largest absolute Gasteiger partial charge is 0.496 e. The fraction of sp³-hybridized carbons (Fsp3) is 0.467. The zero-order chi connectivity index (χ0) is 15.8. The highest BCUT2D eigenvalue weighted by molar-refractivity contribution is 6.31. The Hall–Kier alpha value is -1.75. The Morgan fingerprint density at radius 2 is 2.14 bits per heavy atom. The third kappa shape index (κ3) is 5.27. The summed E-state index contributed by atoms with van der Waals surface area (Å²) >= 11 is 6.06. The highest BCUT2D eigenvalue weighted by Gasteiger charge is 2.18. The molecule has 0 aromatic heterocycles. The number of benzene rings is 1. The van der Waals surface area contributed by atoms with Gasteiger partial charge in [-0.05, 0) is 18.6 Å². The molecule has 1 aromatic rings. The minimum Gasteiger partial charge on any atom is -0.496 e. The van der Waals surface area contributed by atoms with Crippen LogP contribution in [0.1, 0.15) is 25.3 Å². The van der Waals surface area contributed by atoms with Crippen molar-refractivity contribution in [1.82, 2.24) is 5.32 Å². The first-order chi connectivity index (χ1) is 9.99. The van der Waals surface area contributed by atoms with Gasteiger partial charge < -0.3 is 15.2 Å². The number of hydrogen-bond donors (Lipinski definition) is 2. The summed E-state index contributed by atoms with van der Waals surface area (Å²) in [5.74, 6) is -1.19. The predicted octanol–water partition coefficient (Wildman–Crippen LogP) is 2.51. The van der Waals surface area contributed by atoms with Crippen LogP contribution in [0.5, 0.6) is 5.75 Å². The second-order valence-electron chi connectivity index (χ2n) is 4.73. The molecule has 0 heterocycles. The number of nitrogens with one attached hydrogen (secondary N) is 1. The first-order valence-corrected chi connectivity index (χ1v) is 7.18. The van der Waals surface area contributed by atoms with Crippen LogP contribution in [0.15, 0.2) is 18.2 Å². The van der Waals surface area contributed by atoms with Gasteiger partial charge in [-0.25, -0.2) is 0 Å². The molecule has 21 heavy (non-hydrogen) atoms. The van der Waals surface area contributed by atoms with Crippen LogP contribution in [-0.4, -0.2) is 30.6 Å². The minimum atomic E-state index is -0.896. The number of hydrogen-bond acceptors (Lipinski definition) is 3. The van der Waals surface area contributed by atoms with E-state index in [2.05, 4.69) is 5.32 Å². The zero-order valence-corrected chi connectivity index (χ0v) is 12.9.